The number of anilines is 1. The van der Waals surface area contributed by atoms with Gasteiger partial charge in [0.1, 0.15) is 5.82 Å². The second-order valence-electron chi connectivity index (χ2n) is 5.45. The van der Waals surface area contributed by atoms with Crippen LogP contribution in [0.2, 0.25) is 0 Å². The van der Waals surface area contributed by atoms with E-state index >= 15 is 0 Å². The van der Waals surface area contributed by atoms with Gasteiger partial charge in [-0.25, -0.2) is 4.98 Å². The Hall–Kier alpha value is -1.58. The van der Waals surface area contributed by atoms with Gasteiger partial charge in [-0.05, 0) is 37.3 Å². The minimum atomic E-state index is 0.125. The van der Waals surface area contributed by atoms with Crippen molar-refractivity contribution in [3.05, 3.63) is 23.9 Å². The summed E-state index contributed by atoms with van der Waals surface area (Å²) in [5.74, 6) is 2.18. The van der Waals surface area contributed by atoms with E-state index in [0.29, 0.717) is 11.8 Å². The SMILES string of the molecule is CCNc1cc(C(=O)N2CCC(C)C(C)C2)ccn1. The van der Waals surface area contributed by atoms with Crippen LogP contribution in [0.25, 0.3) is 0 Å². The molecule has 1 N–H and O–H groups in total. The number of pyridine rings is 1. The van der Waals surface area contributed by atoms with E-state index in [0.717, 1.165) is 37.4 Å². The average Bonchev–Trinajstić information content (AvgIpc) is 2.42. The van der Waals surface area contributed by atoms with Gasteiger partial charge in [0.25, 0.3) is 5.91 Å². The van der Waals surface area contributed by atoms with E-state index in [1.807, 2.05) is 17.9 Å². The summed E-state index contributed by atoms with van der Waals surface area (Å²) in [6.45, 7) is 9.04. The standard InChI is InChI=1S/C15H23N3O/c1-4-16-14-9-13(5-7-17-14)15(19)18-8-6-11(2)12(3)10-18/h5,7,9,11-12H,4,6,8,10H2,1-3H3,(H,16,17). The molecule has 0 bridgehead atoms. The Kier molecular flexibility index (Phi) is 4.40. The summed E-state index contributed by atoms with van der Waals surface area (Å²) in [6.07, 6.45) is 2.79. The first-order valence-corrected chi connectivity index (χ1v) is 7.11. The number of nitrogens with one attached hydrogen (secondary N) is 1. The van der Waals surface area contributed by atoms with Gasteiger partial charge in [0.15, 0.2) is 0 Å². The molecule has 1 aromatic rings. The summed E-state index contributed by atoms with van der Waals surface area (Å²) in [5, 5.41) is 3.14. The summed E-state index contributed by atoms with van der Waals surface area (Å²) in [5.41, 5.74) is 0.729. The molecular formula is C15H23N3O. The van der Waals surface area contributed by atoms with Crippen molar-refractivity contribution in [2.75, 3.05) is 25.0 Å². The number of carbonyl (C=O) groups excluding carboxylic acids is 1. The predicted octanol–water partition coefficient (Wildman–Crippen LogP) is 2.63. The highest BCUT2D eigenvalue weighted by atomic mass is 16.2. The van der Waals surface area contributed by atoms with Crippen LogP contribution in [0.5, 0.6) is 0 Å². The molecule has 2 heterocycles. The smallest absolute Gasteiger partial charge is 0.254 e. The zero-order chi connectivity index (χ0) is 13.8. The van der Waals surface area contributed by atoms with Crippen molar-refractivity contribution in [2.24, 2.45) is 11.8 Å². The summed E-state index contributed by atoms with van der Waals surface area (Å²) >= 11 is 0. The first kappa shape index (κ1) is 13.8. The molecule has 0 aliphatic carbocycles. The number of carbonyl (C=O) groups is 1. The summed E-state index contributed by atoms with van der Waals surface area (Å²) in [7, 11) is 0. The fraction of sp³-hybridized carbons (Fsp3) is 0.600. The third-order valence-corrected chi connectivity index (χ3v) is 3.99. The molecule has 0 radical (unpaired) electrons. The molecule has 4 heteroatoms. The number of hydrogen-bond donors (Lipinski definition) is 1. The van der Waals surface area contributed by atoms with Crippen LogP contribution >= 0.6 is 0 Å². The zero-order valence-corrected chi connectivity index (χ0v) is 12.0. The monoisotopic (exact) mass is 261 g/mol. The van der Waals surface area contributed by atoms with Gasteiger partial charge in [0.05, 0.1) is 0 Å². The van der Waals surface area contributed by atoms with Gasteiger partial charge in [-0.3, -0.25) is 4.79 Å². The van der Waals surface area contributed by atoms with Crippen LogP contribution in [0.15, 0.2) is 18.3 Å². The largest absolute Gasteiger partial charge is 0.370 e. The number of aromatic nitrogens is 1. The zero-order valence-electron chi connectivity index (χ0n) is 12.0. The van der Waals surface area contributed by atoms with Crippen LogP contribution < -0.4 is 5.32 Å². The Morgan fingerprint density at radius 1 is 1.47 bits per heavy atom. The Bertz CT molecular complexity index is 447. The molecule has 2 unspecified atom stereocenters. The second kappa shape index (κ2) is 6.04. The highest BCUT2D eigenvalue weighted by molar-refractivity contribution is 5.94. The van der Waals surface area contributed by atoms with E-state index in [9.17, 15) is 4.79 Å². The molecule has 2 atom stereocenters. The molecule has 0 aromatic carbocycles. The molecule has 2 rings (SSSR count). The third kappa shape index (κ3) is 3.25. The van der Waals surface area contributed by atoms with E-state index in [4.69, 9.17) is 0 Å². The van der Waals surface area contributed by atoms with Gasteiger partial charge in [-0.2, -0.15) is 0 Å². The third-order valence-electron chi connectivity index (χ3n) is 3.99. The Labute approximate surface area is 115 Å². The molecular weight excluding hydrogens is 238 g/mol. The quantitative estimate of drug-likeness (QED) is 0.909. The highest BCUT2D eigenvalue weighted by Gasteiger charge is 2.26. The minimum Gasteiger partial charge on any atom is -0.370 e. The molecule has 104 valence electrons. The number of piperidine rings is 1. The summed E-state index contributed by atoms with van der Waals surface area (Å²) in [4.78, 5) is 18.6. The van der Waals surface area contributed by atoms with Gasteiger partial charge in [-0.15, -0.1) is 0 Å². The summed E-state index contributed by atoms with van der Waals surface area (Å²) < 4.78 is 0. The van der Waals surface area contributed by atoms with Gasteiger partial charge in [0.2, 0.25) is 0 Å². The lowest BCUT2D eigenvalue weighted by Gasteiger charge is -2.35. The normalized spacial score (nSPS) is 23.2. The maximum absolute atomic E-state index is 12.5. The Morgan fingerprint density at radius 2 is 2.26 bits per heavy atom. The van der Waals surface area contributed by atoms with Gasteiger partial charge in [-0.1, -0.05) is 13.8 Å². The van der Waals surface area contributed by atoms with E-state index in [1.54, 1.807) is 12.3 Å². The lowest BCUT2D eigenvalue weighted by atomic mass is 9.88. The van der Waals surface area contributed by atoms with Crippen molar-refractivity contribution in [2.45, 2.75) is 27.2 Å². The number of amides is 1. The van der Waals surface area contributed by atoms with Gasteiger partial charge in [0, 0.05) is 31.4 Å². The fourth-order valence-electron chi connectivity index (χ4n) is 2.47. The molecule has 1 aliphatic heterocycles. The second-order valence-corrected chi connectivity index (χ2v) is 5.45. The average molecular weight is 261 g/mol. The maximum atomic E-state index is 12.5. The van der Waals surface area contributed by atoms with Crippen molar-refractivity contribution in [1.82, 2.24) is 9.88 Å². The highest BCUT2D eigenvalue weighted by Crippen LogP contribution is 2.23. The lowest BCUT2D eigenvalue weighted by Crippen LogP contribution is -2.42. The van der Waals surface area contributed by atoms with Crippen LogP contribution in [0.3, 0.4) is 0 Å². The van der Waals surface area contributed by atoms with Crippen LogP contribution in [0, 0.1) is 11.8 Å². The van der Waals surface area contributed by atoms with E-state index < -0.39 is 0 Å². The van der Waals surface area contributed by atoms with Crippen molar-refractivity contribution in [3.63, 3.8) is 0 Å². The van der Waals surface area contributed by atoms with E-state index in [2.05, 4.69) is 24.1 Å². The Morgan fingerprint density at radius 3 is 2.95 bits per heavy atom. The predicted molar refractivity (Wildman–Crippen MR) is 77.2 cm³/mol. The molecule has 4 nitrogen and oxygen atoms in total. The first-order chi connectivity index (χ1) is 9.11. The molecule has 19 heavy (non-hydrogen) atoms. The topological polar surface area (TPSA) is 45.2 Å². The van der Waals surface area contributed by atoms with Crippen molar-refractivity contribution < 1.29 is 4.79 Å². The summed E-state index contributed by atoms with van der Waals surface area (Å²) in [6, 6.07) is 3.64. The van der Waals surface area contributed by atoms with Crippen LogP contribution in [0.4, 0.5) is 5.82 Å². The van der Waals surface area contributed by atoms with Crippen molar-refractivity contribution in [3.8, 4) is 0 Å². The number of likely N-dealkylation sites (tertiary alicyclic amines) is 1. The molecule has 1 aromatic heterocycles. The molecule has 1 fully saturated rings. The molecule has 0 spiro atoms. The molecule has 0 saturated carbocycles. The van der Waals surface area contributed by atoms with Crippen LogP contribution in [0.1, 0.15) is 37.6 Å². The van der Waals surface area contributed by atoms with E-state index in [-0.39, 0.29) is 5.91 Å². The van der Waals surface area contributed by atoms with Crippen LogP contribution in [-0.2, 0) is 0 Å². The number of hydrogen-bond acceptors (Lipinski definition) is 3. The molecule has 1 aliphatic rings. The maximum Gasteiger partial charge on any atom is 0.254 e. The van der Waals surface area contributed by atoms with Gasteiger partial charge >= 0.3 is 0 Å². The Balaban J connectivity index is 2.09. The molecule has 1 saturated heterocycles. The van der Waals surface area contributed by atoms with Crippen molar-refractivity contribution in [1.29, 1.82) is 0 Å². The fourth-order valence-corrected chi connectivity index (χ4v) is 2.47. The number of rotatable bonds is 3. The molecule has 1 amide bonds. The minimum absolute atomic E-state index is 0.125. The lowest BCUT2D eigenvalue weighted by molar-refractivity contribution is 0.0627. The van der Waals surface area contributed by atoms with Crippen LogP contribution in [-0.4, -0.2) is 35.4 Å². The van der Waals surface area contributed by atoms with Crippen molar-refractivity contribution >= 4 is 11.7 Å². The first-order valence-electron chi connectivity index (χ1n) is 7.11. The number of nitrogens with zero attached hydrogens (tertiary/aromatic N) is 2. The van der Waals surface area contributed by atoms with E-state index in [1.165, 1.54) is 0 Å². The van der Waals surface area contributed by atoms with Gasteiger partial charge < -0.3 is 10.2 Å².